The fourth-order valence-electron chi connectivity index (χ4n) is 3.55. The summed E-state index contributed by atoms with van der Waals surface area (Å²) >= 11 is 0. The highest BCUT2D eigenvalue weighted by molar-refractivity contribution is 5.96. The Hall–Kier alpha value is -3.26. The van der Waals surface area contributed by atoms with E-state index in [1.165, 1.54) is 5.56 Å². The highest BCUT2D eigenvalue weighted by atomic mass is 16.5. The number of fused-ring (bicyclic) bond motifs is 1. The largest absolute Gasteiger partial charge is 0.496 e. The smallest absolute Gasteiger partial charge is 0.255 e. The molecule has 0 bridgehead atoms. The quantitative estimate of drug-likeness (QED) is 0.687. The molecule has 150 valence electrons. The fraction of sp³-hybridized carbons (Fsp3) is 0.333. The molecule has 3 heterocycles. The lowest BCUT2D eigenvalue weighted by molar-refractivity contribution is 0.0946. The van der Waals surface area contributed by atoms with Gasteiger partial charge >= 0.3 is 0 Å². The van der Waals surface area contributed by atoms with Crippen molar-refractivity contribution in [3.63, 3.8) is 0 Å². The van der Waals surface area contributed by atoms with Crippen LogP contribution in [0.15, 0.2) is 48.8 Å². The summed E-state index contributed by atoms with van der Waals surface area (Å²) in [5, 5.41) is 11.6. The van der Waals surface area contributed by atoms with Crippen LogP contribution in [-0.4, -0.2) is 50.8 Å². The van der Waals surface area contributed by atoms with E-state index in [1.54, 1.807) is 25.4 Å². The van der Waals surface area contributed by atoms with Crippen LogP contribution in [-0.2, 0) is 26.1 Å². The number of nitrogens with one attached hydrogen (secondary N) is 1. The molecule has 3 aromatic rings. The third-order valence-electron chi connectivity index (χ3n) is 5.08. The number of hydrogen-bond acceptors (Lipinski definition) is 6. The van der Waals surface area contributed by atoms with E-state index >= 15 is 0 Å². The standard InChI is InChI=1S/C21H24N6O2/c1-29-18-7-3-2-6-17(18)21(28)23-14-20-25-24-19-8-10-26(11-12-27(19)20)15-16-5-4-9-22-13-16/h2-7,9,13H,8,10-12,14-15H2,1H3,(H,23,28). The lowest BCUT2D eigenvalue weighted by atomic mass is 10.2. The van der Waals surface area contributed by atoms with Gasteiger partial charge in [-0.2, -0.15) is 0 Å². The summed E-state index contributed by atoms with van der Waals surface area (Å²) in [5.41, 5.74) is 1.71. The maximum Gasteiger partial charge on any atom is 0.255 e. The van der Waals surface area contributed by atoms with Gasteiger partial charge in [0, 0.05) is 45.0 Å². The molecule has 0 spiro atoms. The third-order valence-corrected chi connectivity index (χ3v) is 5.08. The number of rotatable bonds is 6. The molecule has 0 unspecified atom stereocenters. The summed E-state index contributed by atoms with van der Waals surface area (Å²) < 4.78 is 7.38. The molecular weight excluding hydrogens is 368 g/mol. The summed E-state index contributed by atoms with van der Waals surface area (Å²) in [5.74, 6) is 2.09. The summed E-state index contributed by atoms with van der Waals surface area (Å²) in [6.45, 7) is 3.80. The molecule has 1 aliphatic rings. The predicted octanol–water partition coefficient (Wildman–Crippen LogP) is 1.67. The Balaban J connectivity index is 1.39. The van der Waals surface area contributed by atoms with E-state index in [0.717, 1.165) is 44.2 Å². The zero-order valence-electron chi connectivity index (χ0n) is 16.4. The molecule has 1 aromatic carbocycles. The number of aromatic nitrogens is 4. The maximum atomic E-state index is 12.5. The molecule has 0 saturated heterocycles. The Morgan fingerprint density at radius 2 is 2.03 bits per heavy atom. The van der Waals surface area contributed by atoms with E-state index in [4.69, 9.17) is 4.74 Å². The van der Waals surface area contributed by atoms with Gasteiger partial charge < -0.3 is 14.6 Å². The first kappa shape index (κ1) is 19.1. The second-order valence-electron chi connectivity index (χ2n) is 6.95. The van der Waals surface area contributed by atoms with Crippen LogP contribution in [0, 0.1) is 0 Å². The van der Waals surface area contributed by atoms with Crippen molar-refractivity contribution >= 4 is 5.91 Å². The zero-order chi connectivity index (χ0) is 20.1. The van der Waals surface area contributed by atoms with Crippen LogP contribution in [0.5, 0.6) is 5.75 Å². The lowest BCUT2D eigenvalue weighted by Gasteiger charge is -2.19. The van der Waals surface area contributed by atoms with E-state index in [2.05, 4.69) is 36.0 Å². The lowest BCUT2D eigenvalue weighted by Crippen LogP contribution is -2.28. The van der Waals surface area contributed by atoms with Crippen molar-refractivity contribution in [1.29, 1.82) is 0 Å². The van der Waals surface area contributed by atoms with Gasteiger partial charge in [-0.3, -0.25) is 14.7 Å². The van der Waals surface area contributed by atoms with Crippen molar-refractivity contribution in [2.45, 2.75) is 26.1 Å². The van der Waals surface area contributed by atoms with E-state index in [9.17, 15) is 4.79 Å². The van der Waals surface area contributed by atoms with Crippen LogP contribution in [0.25, 0.3) is 0 Å². The van der Waals surface area contributed by atoms with Crippen LogP contribution >= 0.6 is 0 Å². The maximum absolute atomic E-state index is 12.5. The Labute approximate surface area is 169 Å². The number of nitrogens with zero attached hydrogens (tertiary/aromatic N) is 5. The molecule has 0 fully saturated rings. The summed E-state index contributed by atoms with van der Waals surface area (Å²) in [6.07, 6.45) is 4.52. The molecule has 0 radical (unpaired) electrons. The molecule has 8 heteroatoms. The van der Waals surface area contributed by atoms with Crippen molar-refractivity contribution in [3.05, 3.63) is 71.6 Å². The van der Waals surface area contributed by atoms with Gasteiger partial charge in [-0.15, -0.1) is 10.2 Å². The van der Waals surface area contributed by atoms with E-state index in [0.29, 0.717) is 17.9 Å². The third kappa shape index (κ3) is 4.43. The summed E-state index contributed by atoms with van der Waals surface area (Å²) in [4.78, 5) is 19.1. The van der Waals surface area contributed by atoms with Gasteiger partial charge in [0.1, 0.15) is 11.6 Å². The van der Waals surface area contributed by atoms with E-state index in [-0.39, 0.29) is 5.91 Å². The average molecular weight is 392 g/mol. The fourth-order valence-corrected chi connectivity index (χ4v) is 3.55. The second-order valence-corrected chi connectivity index (χ2v) is 6.95. The molecule has 0 atom stereocenters. The van der Waals surface area contributed by atoms with Gasteiger partial charge in [-0.1, -0.05) is 18.2 Å². The summed E-state index contributed by atoms with van der Waals surface area (Å²) in [6, 6.07) is 11.2. The first-order valence-electron chi connectivity index (χ1n) is 9.68. The van der Waals surface area contributed by atoms with Gasteiger partial charge in [0.25, 0.3) is 5.91 Å². The molecule has 1 N–H and O–H groups in total. The van der Waals surface area contributed by atoms with Gasteiger partial charge in [0.15, 0.2) is 5.82 Å². The van der Waals surface area contributed by atoms with Crippen LogP contribution in [0.2, 0.25) is 0 Å². The highest BCUT2D eigenvalue weighted by Crippen LogP contribution is 2.17. The van der Waals surface area contributed by atoms with Gasteiger partial charge in [0.05, 0.1) is 19.2 Å². The first-order valence-corrected chi connectivity index (χ1v) is 9.68. The van der Waals surface area contributed by atoms with Crippen LogP contribution < -0.4 is 10.1 Å². The van der Waals surface area contributed by atoms with Crippen LogP contribution in [0.4, 0.5) is 0 Å². The second kappa shape index (κ2) is 8.83. The minimum Gasteiger partial charge on any atom is -0.496 e. The van der Waals surface area contributed by atoms with Crippen LogP contribution in [0.3, 0.4) is 0 Å². The highest BCUT2D eigenvalue weighted by Gasteiger charge is 2.20. The van der Waals surface area contributed by atoms with E-state index in [1.807, 2.05) is 24.4 Å². The van der Waals surface area contributed by atoms with Crippen LogP contribution in [0.1, 0.15) is 27.6 Å². The van der Waals surface area contributed by atoms with Crippen molar-refractivity contribution in [1.82, 2.24) is 30.0 Å². The minimum absolute atomic E-state index is 0.188. The van der Waals surface area contributed by atoms with Gasteiger partial charge in [-0.05, 0) is 23.8 Å². The van der Waals surface area contributed by atoms with Crippen molar-refractivity contribution in [2.75, 3.05) is 20.2 Å². The Morgan fingerprint density at radius 1 is 1.14 bits per heavy atom. The number of amides is 1. The molecule has 8 nitrogen and oxygen atoms in total. The Kier molecular flexibility index (Phi) is 5.81. The molecule has 1 amide bonds. The van der Waals surface area contributed by atoms with E-state index < -0.39 is 0 Å². The number of carbonyl (C=O) groups excluding carboxylic acids is 1. The SMILES string of the molecule is COc1ccccc1C(=O)NCc1nnc2n1CCN(Cc1cccnc1)CC2. The molecule has 4 rings (SSSR count). The Morgan fingerprint density at radius 3 is 2.86 bits per heavy atom. The molecule has 1 aliphatic heterocycles. The monoisotopic (exact) mass is 392 g/mol. The number of carbonyl (C=O) groups is 1. The zero-order valence-corrected chi connectivity index (χ0v) is 16.4. The number of ether oxygens (including phenoxy) is 1. The normalized spacial score (nSPS) is 14.1. The van der Waals surface area contributed by atoms with Gasteiger partial charge in [-0.25, -0.2) is 0 Å². The van der Waals surface area contributed by atoms with Crippen molar-refractivity contribution < 1.29 is 9.53 Å². The molecule has 0 aliphatic carbocycles. The van der Waals surface area contributed by atoms with Crippen molar-refractivity contribution in [3.8, 4) is 5.75 Å². The Bertz CT molecular complexity index is 972. The molecule has 0 saturated carbocycles. The number of benzene rings is 1. The molecule has 2 aromatic heterocycles. The topological polar surface area (TPSA) is 85.2 Å². The molecular formula is C21H24N6O2. The first-order chi connectivity index (χ1) is 14.2. The van der Waals surface area contributed by atoms with Gasteiger partial charge in [0.2, 0.25) is 0 Å². The minimum atomic E-state index is -0.188. The number of para-hydroxylation sites is 1. The van der Waals surface area contributed by atoms with Crippen molar-refractivity contribution in [2.24, 2.45) is 0 Å². The average Bonchev–Trinajstić information content (AvgIpc) is 3.05. The summed E-state index contributed by atoms with van der Waals surface area (Å²) in [7, 11) is 1.56. The number of pyridine rings is 1. The number of hydrogen-bond donors (Lipinski definition) is 1. The molecule has 29 heavy (non-hydrogen) atoms. The number of methoxy groups -OCH3 is 1. The predicted molar refractivity (Wildman–Crippen MR) is 107 cm³/mol.